The van der Waals surface area contributed by atoms with Gasteiger partial charge in [-0.05, 0) is 29.8 Å². The monoisotopic (exact) mass is 276 g/mol. The van der Waals surface area contributed by atoms with Crippen LogP contribution in [0.25, 0.3) is 0 Å². The Kier molecular flexibility index (Phi) is 4.65. The molecule has 0 bridgehead atoms. The molecule has 1 aromatic carbocycles. The van der Waals surface area contributed by atoms with Gasteiger partial charge in [-0.25, -0.2) is 0 Å². The standard InChI is InChI=1S/C14H16N2O2S/c1-18-13-4-2-3-5-14(13)19(17)10-11-6-7-16-12(8-11)9-15/h2-8H,9-10,15H2,1H3. The lowest BCUT2D eigenvalue weighted by atomic mass is 10.2. The molecule has 0 amide bonds. The first-order chi connectivity index (χ1) is 9.24. The quantitative estimate of drug-likeness (QED) is 0.905. The van der Waals surface area contributed by atoms with Crippen LogP contribution >= 0.6 is 0 Å². The minimum atomic E-state index is -1.15. The van der Waals surface area contributed by atoms with Gasteiger partial charge >= 0.3 is 0 Å². The van der Waals surface area contributed by atoms with E-state index in [2.05, 4.69) is 4.98 Å². The molecule has 100 valence electrons. The van der Waals surface area contributed by atoms with Gasteiger partial charge in [0, 0.05) is 12.7 Å². The zero-order valence-electron chi connectivity index (χ0n) is 10.7. The molecule has 1 heterocycles. The molecule has 0 saturated heterocycles. The lowest BCUT2D eigenvalue weighted by molar-refractivity contribution is 0.404. The van der Waals surface area contributed by atoms with Crippen molar-refractivity contribution in [1.29, 1.82) is 0 Å². The van der Waals surface area contributed by atoms with E-state index in [-0.39, 0.29) is 0 Å². The van der Waals surface area contributed by atoms with Crippen molar-refractivity contribution < 1.29 is 8.95 Å². The maximum absolute atomic E-state index is 12.4. The molecule has 5 heteroatoms. The maximum Gasteiger partial charge on any atom is 0.134 e. The van der Waals surface area contributed by atoms with E-state index in [0.717, 1.165) is 11.3 Å². The number of nitrogens with zero attached hydrogens (tertiary/aromatic N) is 1. The van der Waals surface area contributed by atoms with Gasteiger partial charge in [0.05, 0.1) is 34.3 Å². The van der Waals surface area contributed by atoms with E-state index in [1.807, 2.05) is 36.4 Å². The van der Waals surface area contributed by atoms with Crippen molar-refractivity contribution >= 4 is 10.8 Å². The highest BCUT2D eigenvalue weighted by atomic mass is 32.2. The SMILES string of the molecule is COc1ccccc1S(=O)Cc1ccnc(CN)c1. The molecule has 2 N–H and O–H groups in total. The van der Waals surface area contributed by atoms with Gasteiger partial charge < -0.3 is 10.5 Å². The second-order valence-electron chi connectivity index (χ2n) is 4.00. The first-order valence-electron chi connectivity index (χ1n) is 5.90. The van der Waals surface area contributed by atoms with E-state index in [4.69, 9.17) is 10.5 Å². The third-order valence-corrected chi connectivity index (χ3v) is 4.13. The van der Waals surface area contributed by atoms with Crippen molar-refractivity contribution in [3.63, 3.8) is 0 Å². The Hall–Kier alpha value is -1.72. The molecular weight excluding hydrogens is 260 g/mol. The summed E-state index contributed by atoms with van der Waals surface area (Å²) in [7, 11) is 0.429. The average molecular weight is 276 g/mol. The number of methoxy groups -OCH3 is 1. The minimum Gasteiger partial charge on any atom is -0.495 e. The fourth-order valence-electron chi connectivity index (χ4n) is 1.77. The smallest absolute Gasteiger partial charge is 0.134 e. The van der Waals surface area contributed by atoms with Crippen LogP contribution in [0, 0.1) is 0 Å². The number of aromatic nitrogens is 1. The van der Waals surface area contributed by atoms with Gasteiger partial charge in [0.15, 0.2) is 0 Å². The maximum atomic E-state index is 12.4. The van der Waals surface area contributed by atoms with E-state index in [9.17, 15) is 4.21 Å². The molecule has 19 heavy (non-hydrogen) atoms. The third-order valence-electron chi connectivity index (χ3n) is 2.70. The molecule has 2 aromatic rings. The number of hydrogen-bond donors (Lipinski definition) is 1. The predicted octanol–water partition coefficient (Wildman–Crippen LogP) is 1.86. The lowest BCUT2D eigenvalue weighted by Gasteiger charge is -2.08. The summed E-state index contributed by atoms with van der Waals surface area (Å²) < 4.78 is 17.6. The van der Waals surface area contributed by atoms with Gasteiger partial charge in [0.2, 0.25) is 0 Å². The summed E-state index contributed by atoms with van der Waals surface area (Å²) in [5, 5.41) is 0. The third kappa shape index (κ3) is 3.39. The van der Waals surface area contributed by atoms with Crippen molar-refractivity contribution in [2.75, 3.05) is 7.11 Å². The second-order valence-corrected chi connectivity index (χ2v) is 5.42. The summed E-state index contributed by atoms with van der Waals surface area (Å²) in [5.41, 5.74) is 7.31. The normalized spacial score (nSPS) is 12.1. The molecule has 4 nitrogen and oxygen atoms in total. The summed E-state index contributed by atoms with van der Waals surface area (Å²) in [4.78, 5) is 4.83. The topological polar surface area (TPSA) is 65.2 Å². The Morgan fingerprint density at radius 1 is 1.32 bits per heavy atom. The summed E-state index contributed by atoms with van der Waals surface area (Å²) in [6.45, 7) is 0.384. The number of ether oxygens (including phenoxy) is 1. The number of hydrogen-bond acceptors (Lipinski definition) is 4. The summed E-state index contributed by atoms with van der Waals surface area (Å²) in [5.74, 6) is 1.07. The molecule has 0 aliphatic rings. The number of benzene rings is 1. The minimum absolute atomic E-state index is 0.384. The second kappa shape index (κ2) is 6.45. The van der Waals surface area contributed by atoms with Crippen molar-refractivity contribution in [1.82, 2.24) is 4.98 Å². The Labute approximate surface area is 115 Å². The summed E-state index contributed by atoms with van der Waals surface area (Å²) in [6.07, 6.45) is 1.69. The van der Waals surface area contributed by atoms with Gasteiger partial charge in [0.1, 0.15) is 5.75 Å². The van der Waals surface area contributed by atoms with Gasteiger partial charge in [-0.3, -0.25) is 9.19 Å². The number of rotatable bonds is 5. The van der Waals surface area contributed by atoms with Crippen molar-refractivity contribution in [3.8, 4) is 5.75 Å². The van der Waals surface area contributed by atoms with Crippen molar-refractivity contribution in [2.24, 2.45) is 5.73 Å². The zero-order valence-corrected chi connectivity index (χ0v) is 11.5. The fraction of sp³-hybridized carbons (Fsp3) is 0.214. The Balaban J connectivity index is 2.20. The predicted molar refractivity (Wildman–Crippen MR) is 75.2 cm³/mol. The highest BCUT2D eigenvalue weighted by Crippen LogP contribution is 2.23. The Morgan fingerprint density at radius 3 is 2.84 bits per heavy atom. The molecule has 1 aromatic heterocycles. The average Bonchev–Trinajstić information content (AvgIpc) is 2.47. The van der Waals surface area contributed by atoms with E-state index in [1.54, 1.807) is 13.3 Å². The van der Waals surface area contributed by atoms with Gasteiger partial charge in [-0.15, -0.1) is 0 Å². The van der Waals surface area contributed by atoms with E-state index < -0.39 is 10.8 Å². The number of nitrogens with two attached hydrogens (primary N) is 1. The Bertz CT molecular complexity index is 587. The van der Waals surface area contributed by atoms with Crippen LogP contribution in [0.3, 0.4) is 0 Å². The van der Waals surface area contributed by atoms with E-state index >= 15 is 0 Å². The van der Waals surface area contributed by atoms with Crippen LogP contribution < -0.4 is 10.5 Å². The molecular formula is C14H16N2O2S. The molecule has 1 unspecified atom stereocenters. The van der Waals surface area contributed by atoms with Gasteiger partial charge in [0.25, 0.3) is 0 Å². The largest absolute Gasteiger partial charge is 0.495 e. The van der Waals surface area contributed by atoms with E-state index in [1.165, 1.54) is 0 Å². The van der Waals surface area contributed by atoms with Gasteiger partial charge in [-0.1, -0.05) is 12.1 Å². The van der Waals surface area contributed by atoms with Crippen LogP contribution in [0.4, 0.5) is 0 Å². The van der Waals surface area contributed by atoms with Gasteiger partial charge in [-0.2, -0.15) is 0 Å². The molecule has 0 radical (unpaired) electrons. The van der Waals surface area contributed by atoms with Crippen LogP contribution in [-0.2, 0) is 23.1 Å². The van der Waals surface area contributed by atoms with Crippen molar-refractivity contribution in [2.45, 2.75) is 17.2 Å². The fourth-order valence-corrected chi connectivity index (χ4v) is 3.01. The molecule has 0 aliphatic heterocycles. The molecule has 0 aliphatic carbocycles. The first kappa shape index (κ1) is 13.7. The summed E-state index contributed by atoms with van der Waals surface area (Å²) >= 11 is 0. The number of para-hydroxylation sites is 1. The Morgan fingerprint density at radius 2 is 2.11 bits per heavy atom. The van der Waals surface area contributed by atoms with Crippen LogP contribution in [0.2, 0.25) is 0 Å². The lowest BCUT2D eigenvalue weighted by Crippen LogP contribution is -2.03. The highest BCUT2D eigenvalue weighted by molar-refractivity contribution is 7.84. The van der Waals surface area contributed by atoms with Crippen molar-refractivity contribution in [3.05, 3.63) is 53.9 Å². The van der Waals surface area contributed by atoms with Crippen LogP contribution in [0.15, 0.2) is 47.5 Å². The highest BCUT2D eigenvalue weighted by Gasteiger charge is 2.10. The molecule has 0 fully saturated rings. The molecule has 0 saturated carbocycles. The molecule has 0 spiro atoms. The van der Waals surface area contributed by atoms with Crippen LogP contribution in [-0.4, -0.2) is 16.3 Å². The van der Waals surface area contributed by atoms with E-state index in [0.29, 0.717) is 22.9 Å². The van der Waals surface area contributed by atoms with Crippen LogP contribution in [0.5, 0.6) is 5.75 Å². The van der Waals surface area contributed by atoms with Crippen LogP contribution in [0.1, 0.15) is 11.3 Å². The molecule has 2 rings (SSSR count). The number of pyridine rings is 1. The first-order valence-corrected chi connectivity index (χ1v) is 7.21. The zero-order chi connectivity index (χ0) is 13.7. The summed E-state index contributed by atoms with van der Waals surface area (Å²) in [6, 6.07) is 11.1. The molecule has 1 atom stereocenters.